The first kappa shape index (κ1) is 17.2. The Bertz CT molecular complexity index is 720. The van der Waals surface area contributed by atoms with Crippen molar-refractivity contribution in [2.24, 2.45) is 0 Å². The standard InChI is InChI=1S/C18H15IO4/c1-22-18(21)12-23-15-9-6-14(7-10-15)17(20)11-8-13-4-2-3-5-16(13)19/h2-11H,12H2,1H3/b11-8+. The van der Waals surface area contributed by atoms with Crippen molar-refractivity contribution in [2.45, 2.75) is 0 Å². The van der Waals surface area contributed by atoms with E-state index < -0.39 is 5.97 Å². The molecule has 2 aromatic carbocycles. The Morgan fingerprint density at radius 2 is 1.78 bits per heavy atom. The molecule has 118 valence electrons. The zero-order chi connectivity index (χ0) is 16.7. The van der Waals surface area contributed by atoms with Gasteiger partial charge >= 0.3 is 5.97 Å². The van der Waals surface area contributed by atoms with Gasteiger partial charge in [-0.2, -0.15) is 0 Å². The third-order valence-electron chi connectivity index (χ3n) is 3.04. The van der Waals surface area contributed by atoms with E-state index in [-0.39, 0.29) is 12.4 Å². The van der Waals surface area contributed by atoms with Crippen LogP contribution in [0.15, 0.2) is 54.6 Å². The molecule has 0 atom stereocenters. The van der Waals surface area contributed by atoms with Gasteiger partial charge < -0.3 is 9.47 Å². The number of hydrogen-bond acceptors (Lipinski definition) is 4. The third kappa shape index (κ3) is 5.21. The van der Waals surface area contributed by atoms with Crippen molar-refractivity contribution >= 4 is 40.4 Å². The molecule has 2 aromatic rings. The summed E-state index contributed by atoms with van der Waals surface area (Å²) >= 11 is 2.23. The van der Waals surface area contributed by atoms with Crippen molar-refractivity contribution in [1.82, 2.24) is 0 Å². The summed E-state index contributed by atoms with van der Waals surface area (Å²) in [7, 11) is 1.30. The monoisotopic (exact) mass is 422 g/mol. The highest BCUT2D eigenvalue weighted by molar-refractivity contribution is 14.1. The fraction of sp³-hybridized carbons (Fsp3) is 0.111. The number of esters is 1. The van der Waals surface area contributed by atoms with E-state index in [0.717, 1.165) is 9.13 Å². The van der Waals surface area contributed by atoms with Gasteiger partial charge in [0.15, 0.2) is 12.4 Å². The van der Waals surface area contributed by atoms with Gasteiger partial charge in [0.1, 0.15) is 5.75 Å². The first-order valence-corrected chi connectivity index (χ1v) is 7.94. The van der Waals surface area contributed by atoms with Crippen LogP contribution in [0.5, 0.6) is 5.75 Å². The van der Waals surface area contributed by atoms with Crippen molar-refractivity contribution in [3.63, 3.8) is 0 Å². The van der Waals surface area contributed by atoms with Gasteiger partial charge in [0.2, 0.25) is 0 Å². The van der Waals surface area contributed by atoms with E-state index in [4.69, 9.17) is 4.74 Å². The van der Waals surface area contributed by atoms with Gasteiger partial charge in [0.25, 0.3) is 0 Å². The molecule has 23 heavy (non-hydrogen) atoms. The zero-order valence-corrected chi connectivity index (χ0v) is 14.6. The average molecular weight is 422 g/mol. The van der Waals surface area contributed by atoms with Crippen LogP contribution in [0.25, 0.3) is 6.08 Å². The van der Waals surface area contributed by atoms with E-state index in [1.807, 2.05) is 24.3 Å². The summed E-state index contributed by atoms with van der Waals surface area (Å²) in [6, 6.07) is 14.4. The minimum Gasteiger partial charge on any atom is -0.482 e. The molecular weight excluding hydrogens is 407 g/mol. The second-order valence-electron chi connectivity index (χ2n) is 4.61. The molecule has 0 N–H and O–H groups in total. The number of methoxy groups -OCH3 is 1. The van der Waals surface area contributed by atoms with Gasteiger partial charge in [-0.3, -0.25) is 4.79 Å². The molecule has 0 heterocycles. The maximum absolute atomic E-state index is 12.1. The van der Waals surface area contributed by atoms with Gasteiger partial charge in [0, 0.05) is 9.13 Å². The molecule has 0 aliphatic carbocycles. The highest BCUT2D eigenvalue weighted by Crippen LogP contribution is 2.15. The second kappa shape index (κ2) is 8.47. The first-order chi connectivity index (χ1) is 11.1. The average Bonchev–Trinajstić information content (AvgIpc) is 2.59. The minimum absolute atomic E-state index is 0.0934. The molecule has 0 bridgehead atoms. The van der Waals surface area contributed by atoms with Gasteiger partial charge in [-0.05, 0) is 64.6 Å². The number of allylic oxidation sites excluding steroid dienone is 1. The number of benzene rings is 2. The maximum atomic E-state index is 12.1. The lowest BCUT2D eigenvalue weighted by molar-refractivity contribution is -0.142. The molecule has 0 unspecified atom stereocenters. The molecule has 0 spiro atoms. The van der Waals surface area contributed by atoms with Crippen LogP contribution in [0.2, 0.25) is 0 Å². The SMILES string of the molecule is COC(=O)COc1ccc(C(=O)/C=C/c2ccccc2I)cc1. The summed E-state index contributed by atoms with van der Waals surface area (Å²) < 4.78 is 10.8. The molecule has 0 saturated carbocycles. The van der Waals surface area contributed by atoms with Gasteiger partial charge in [-0.25, -0.2) is 4.79 Å². The molecule has 0 aromatic heterocycles. The van der Waals surface area contributed by atoms with Gasteiger partial charge in [-0.1, -0.05) is 24.3 Å². The topological polar surface area (TPSA) is 52.6 Å². The summed E-state index contributed by atoms with van der Waals surface area (Å²) in [6.45, 7) is -0.157. The predicted molar refractivity (Wildman–Crippen MR) is 96.5 cm³/mol. The van der Waals surface area contributed by atoms with Gasteiger partial charge in [0.05, 0.1) is 7.11 Å². The largest absolute Gasteiger partial charge is 0.482 e. The lowest BCUT2D eigenvalue weighted by atomic mass is 10.1. The molecule has 0 radical (unpaired) electrons. The summed E-state index contributed by atoms with van der Waals surface area (Å²) in [6.07, 6.45) is 3.34. The fourth-order valence-electron chi connectivity index (χ4n) is 1.79. The molecule has 5 heteroatoms. The fourth-order valence-corrected chi connectivity index (χ4v) is 2.36. The molecular formula is C18H15IO4. The van der Waals surface area contributed by atoms with E-state index in [1.165, 1.54) is 7.11 Å². The van der Waals surface area contributed by atoms with Crippen LogP contribution in [0.4, 0.5) is 0 Å². The Labute approximate surface area is 148 Å². The van der Waals surface area contributed by atoms with E-state index >= 15 is 0 Å². The number of ketones is 1. The van der Waals surface area contributed by atoms with Crippen LogP contribution < -0.4 is 4.74 Å². The number of halogens is 1. The van der Waals surface area contributed by atoms with Crippen LogP contribution in [-0.4, -0.2) is 25.5 Å². The predicted octanol–water partition coefficient (Wildman–Crippen LogP) is 3.74. The van der Waals surface area contributed by atoms with Crippen molar-refractivity contribution in [1.29, 1.82) is 0 Å². The molecule has 0 fully saturated rings. The smallest absolute Gasteiger partial charge is 0.343 e. The molecule has 0 aliphatic heterocycles. The third-order valence-corrected chi connectivity index (χ3v) is 4.03. The van der Waals surface area contributed by atoms with Crippen molar-refractivity contribution < 1.29 is 19.1 Å². The number of carbonyl (C=O) groups excluding carboxylic acids is 2. The van der Waals surface area contributed by atoms with E-state index in [1.54, 1.807) is 36.4 Å². The Hall–Kier alpha value is -2.15. The summed E-state index contributed by atoms with van der Waals surface area (Å²) in [5.41, 5.74) is 1.55. The molecule has 0 saturated heterocycles. The van der Waals surface area contributed by atoms with Crippen LogP contribution in [0.1, 0.15) is 15.9 Å². The molecule has 4 nitrogen and oxygen atoms in total. The quantitative estimate of drug-likeness (QED) is 0.308. The number of hydrogen-bond donors (Lipinski definition) is 0. The molecule has 2 rings (SSSR count). The van der Waals surface area contributed by atoms with Gasteiger partial charge in [-0.15, -0.1) is 0 Å². The van der Waals surface area contributed by atoms with Crippen LogP contribution in [0, 0.1) is 3.57 Å². The second-order valence-corrected chi connectivity index (χ2v) is 5.77. The Morgan fingerprint density at radius 3 is 2.43 bits per heavy atom. The summed E-state index contributed by atoms with van der Waals surface area (Å²) in [4.78, 5) is 23.1. The van der Waals surface area contributed by atoms with E-state index in [2.05, 4.69) is 27.3 Å². The number of rotatable bonds is 6. The van der Waals surface area contributed by atoms with Crippen molar-refractivity contribution in [3.8, 4) is 5.75 Å². The van der Waals surface area contributed by atoms with Crippen molar-refractivity contribution in [3.05, 3.63) is 69.3 Å². The van der Waals surface area contributed by atoms with E-state index in [0.29, 0.717) is 11.3 Å². The highest BCUT2D eigenvalue weighted by atomic mass is 127. The Morgan fingerprint density at radius 1 is 1.09 bits per heavy atom. The number of carbonyl (C=O) groups is 2. The summed E-state index contributed by atoms with van der Waals surface area (Å²) in [5.74, 6) is -0.0386. The first-order valence-electron chi connectivity index (χ1n) is 6.87. The Kier molecular flexibility index (Phi) is 6.34. The normalized spacial score (nSPS) is 10.5. The van der Waals surface area contributed by atoms with Crippen molar-refractivity contribution in [2.75, 3.05) is 13.7 Å². The molecule has 0 amide bonds. The zero-order valence-electron chi connectivity index (χ0n) is 12.5. The van der Waals surface area contributed by atoms with E-state index in [9.17, 15) is 9.59 Å². The van der Waals surface area contributed by atoms with Crippen LogP contribution in [-0.2, 0) is 9.53 Å². The van der Waals surface area contributed by atoms with Crippen LogP contribution >= 0.6 is 22.6 Å². The lowest BCUT2D eigenvalue weighted by Gasteiger charge is -2.05. The Balaban J connectivity index is 2.00. The summed E-state index contributed by atoms with van der Waals surface area (Å²) in [5, 5.41) is 0. The lowest BCUT2D eigenvalue weighted by Crippen LogP contribution is -2.12. The number of ether oxygens (including phenoxy) is 2. The minimum atomic E-state index is -0.453. The maximum Gasteiger partial charge on any atom is 0.343 e. The van der Waals surface area contributed by atoms with Crippen LogP contribution in [0.3, 0.4) is 0 Å². The molecule has 0 aliphatic rings. The highest BCUT2D eigenvalue weighted by Gasteiger charge is 2.05.